The fourth-order valence-corrected chi connectivity index (χ4v) is 5.25. The number of alkyl halides is 3. The molecule has 5 heteroatoms. The minimum Gasteiger partial charge on any atom is -0.406 e. The van der Waals surface area contributed by atoms with Gasteiger partial charge in [-0.3, -0.25) is 0 Å². The van der Waals surface area contributed by atoms with E-state index in [1.165, 1.54) is 61.9 Å². The average molecular weight is 445 g/mol. The Morgan fingerprint density at radius 2 is 1.62 bits per heavy atom. The summed E-state index contributed by atoms with van der Waals surface area (Å²) < 4.78 is 55.4. The summed E-state index contributed by atoms with van der Waals surface area (Å²) in [7, 11) is 0. The zero-order valence-corrected chi connectivity index (χ0v) is 18.3. The van der Waals surface area contributed by atoms with Crippen molar-refractivity contribution in [3.63, 3.8) is 0 Å². The third kappa shape index (κ3) is 5.65. The van der Waals surface area contributed by atoms with Gasteiger partial charge in [0, 0.05) is 5.56 Å². The summed E-state index contributed by atoms with van der Waals surface area (Å²) in [6.07, 6.45) is 4.86. The van der Waals surface area contributed by atoms with E-state index in [9.17, 15) is 17.6 Å². The third-order valence-corrected chi connectivity index (χ3v) is 7.12. The Labute approximate surface area is 187 Å². The summed E-state index contributed by atoms with van der Waals surface area (Å²) in [6, 6.07) is 8.76. The number of hydrogen-bond donors (Lipinski definition) is 0. The predicted molar refractivity (Wildman–Crippen MR) is 117 cm³/mol. The molecule has 1 fully saturated rings. The Balaban J connectivity index is 1.43. The zero-order chi connectivity index (χ0) is 22.7. The summed E-state index contributed by atoms with van der Waals surface area (Å²) in [5.41, 5.74) is 3.11. The molecule has 0 heterocycles. The van der Waals surface area contributed by atoms with Crippen LogP contribution in [-0.4, -0.2) is 6.36 Å². The SMILES string of the molecule is CCC1CCC(C2CCc3cc(C#Cc4ccc(OC(F)(F)F)cc4)c(F)cc3C2)CC1. The topological polar surface area (TPSA) is 9.23 Å². The highest BCUT2D eigenvalue weighted by molar-refractivity contribution is 5.48. The van der Waals surface area contributed by atoms with Crippen LogP contribution in [0, 0.1) is 35.4 Å². The molecule has 32 heavy (non-hydrogen) atoms. The van der Waals surface area contributed by atoms with Crippen LogP contribution in [0.1, 0.15) is 67.7 Å². The molecule has 1 unspecified atom stereocenters. The van der Waals surface area contributed by atoms with E-state index in [0.29, 0.717) is 17.0 Å². The second kappa shape index (κ2) is 9.57. The molecular formula is C27H28F4O. The monoisotopic (exact) mass is 444 g/mol. The standard InChI is InChI=1S/C27H28F4O/c1-2-18-3-8-20(9-4-18)21-11-12-22-15-23(26(28)17-24(22)16-21)10-5-19-6-13-25(14-7-19)32-27(29,30)31/h6-7,13-15,17-18,20-21H,2-4,8-9,11-12,16H2,1H3. The molecule has 2 aromatic carbocycles. The summed E-state index contributed by atoms with van der Waals surface area (Å²) in [5, 5.41) is 0. The number of fused-ring (bicyclic) bond motifs is 1. The number of benzene rings is 2. The van der Waals surface area contributed by atoms with Gasteiger partial charge in [0.05, 0.1) is 5.56 Å². The fraction of sp³-hybridized carbons (Fsp3) is 0.481. The largest absolute Gasteiger partial charge is 0.573 e. The number of hydrogen-bond acceptors (Lipinski definition) is 1. The Bertz CT molecular complexity index is 989. The first-order chi connectivity index (χ1) is 15.3. The van der Waals surface area contributed by atoms with Gasteiger partial charge >= 0.3 is 6.36 Å². The first-order valence-corrected chi connectivity index (χ1v) is 11.5. The molecule has 1 atom stereocenters. The van der Waals surface area contributed by atoms with Gasteiger partial charge < -0.3 is 4.74 Å². The molecule has 2 aliphatic rings. The Morgan fingerprint density at radius 1 is 0.906 bits per heavy atom. The lowest BCUT2D eigenvalue weighted by Crippen LogP contribution is -2.26. The fourth-order valence-electron chi connectivity index (χ4n) is 5.25. The molecule has 0 aliphatic heterocycles. The summed E-state index contributed by atoms with van der Waals surface area (Å²) >= 11 is 0. The van der Waals surface area contributed by atoms with E-state index in [0.717, 1.165) is 36.7 Å². The maximum atomic E-state index is 14.7. The molecule has 1 saturated carbocycles. The number of ether oxygens (including phenoxy) is 1. The molecule has 2 aromatic rings. The van der Waals surface area contributed by atoms with Gasteiger partial charge in [0.1, 0.15) is 11.6 Å². The minimum absolute atomic E-state index is 0.305. The second-order valence-electron chi connectivity index (χ2n) is 9.11. The zero-order valence-electron chi connectivity index (χ0n) is 18.3. The highest BCUT2D eigenvalue weighted by Crippen LogP contribution is 2.40. The lowest BCUT2D eigenvalue weighted by Gasteiger charge is -2.36. The third-order valence-electron chi connectivity index (χ3n) is 7.12. The highest BCUT2D eigenvalue weighted by atomic mass is 19.4. The summed E-state index contributed by atoms with van der Waals surface area (Å²) in [5.74, 6) is 7.34. The first kappa shape index (κ1) is 22.7. The molecule has 0 aromatic heterocycles. The molecule has 0 amide bonds. The van der Waals surface area contributed by atoms with Crippen molar-refractivity contribution in [3.05, 3.63) is 64.5 Å². The van der Waals surface area contributed by atoms with Crippen molar-refractivity contribution < 1.29 is 22.3 Å². The van der Waals surface area contributed by atoms with Crippen molar-refractivity contribution in [2.24, 2.45) is 17.8 Å². The van der Waals surface area contributed by atoms with E-state index in [2.05, 4.69) is 23.5 Å². The van der Waals surface area contributed by atoms with Crippen LogP contribution in [0.25, 0.3) is 0 Å². The van der Waals surface area contributed by atoms with E-state index in [1.54, 1.807) is 6.07 Å². The second-order valence-corrected chi connectivity index (χ2v) is 9.11. The van der Waals surface area contributed by atoms with Gasteiger partial charge in [0.2, 0.25) is 0 Å². The van der Waals surface area contributed by atoms with Gasteiger partial charge in [-0.05, 0) is 97.4 Å². The van der Waals surface area contributed by atoms with Crippen molar-refractivity contribution in [2.45, 2.75) is 64.7 Å². The van der Waals surface area contributed by atoms with E-state index < -0.39 is 6.36 Å². The van der Waals surface area contributed by atoms with Crippen molar-refractivity contribution >= 4 is 0 Å². The van der Waals surface area contributed by atoms with Crippen LogP contribution < -0.4 is 4.74 Å². The molecule has 1 nitrogen and oxygen atoms in total. The van der Waals surface area contributed by atoms with Crippen LogP contribution in [0.3, 0.4) is 0 Å². The van der Waals surface area contributed by atoms with E-state index >= 15 is 0 Å². The van der Waals surface area contributed by atoms with Crippen molar-refractivity contribution in [1.29, 1.82) is 0 Å². The van der Waals surface area contributed by atoms with Crippen LogP contribution in [0.5, 0.6) is 5.75 Å². The highest BCUT2D eigenvalue weighted by Gasteiger charge is 2.31. The Kier molecular flexibility index (Phi) is 6.79. The molecule has 0 saturated heterocycles. The molecule has 0 N–H and O–H groups in total. The molecule has 170 valence electrons. The van der Waals surface area contributed by atoms with Gasteiger partial charge in [-0.1, -0.05) is 38.0 Å². The van der Waals surface area contributed by atoms with Crippen LogP contribution in [-0.2, 0) is 12.8 Å². The van der Waals surface area contributed by atoms with Gasteiger partial charge in [0.15, 0.2) is 0 Å². The van der Waals surface area contributed by atoms with Gasteiger partial charge in [-0.2, -0.15) is 0 Å². The van der Waals surface area contributed by atoms with Crippen molar-refractivity contribution in [1.82, 2.24) is 0 Å². The lowest BCUT2D eigenvalue weighted by atomic mass is 9.69. The number of aryl methyl sites for hydroxylation is 1. The van der Waals surface area contributed by atoms with E-state index in [-0.39, 0.29) is 11.6 Å². The lowest BCUT2D eigenvalue weighted by molar-refractivity contribution is -0.274. The van der Waals surface area contributed by atoms with Gasteiger partial charge in [-0.15, -0.1) is 13.2 Å². The van der Waals surface area contributed by atoms with E-state index in [4.69, 9.17) is 0 Å². The normalized spacial score (nSPS) is 23.1. The van der Waals surface area contributed by atoms with Crippen LogP contribution in [0.4, 0.5) is 17.6 Å². The van der Waals surface area contributed by atoms with Gasteiger partial charge in [0.25, 0.3) is 0 Å². The van der Waals surface area contributed by atoms with Crippen molar-refractivity contribution in [3.8, 4) is 17.6 Å². The van der Waals surface area contributed by atoms with Gasteiger partial charge in [-0.25, -0.2) is 4.39 Å². The maximum absolute atomic E-state index is 14.7. The van der Waals surface area contributed by atoms with Crippen molar-refractivity contribution in [2.75, 3.05) is 0 Å². The number of rotatable bonds is 3. The van der Waals surface area contributed by atoms with Crippen LogP contribution in [0.2, 0.25) is 0 Å². The number of halogens is 4. The molecule has 0 radical (unpaired) electrons. The summed E-state index contributed by atoms with van der Waals surface area (Å²) in [6.45, 7) is 2.28. The first-order valence-electron chi connectivity index (χ1n) is 11.5. The molecule has 0 bridgehead atoms. The molecule has 0 spiro atoms. The summed E-state index contributed by atoms with van der Waals surface area (Å²) in [4.78, 5) is 0. The average Bonchev–Trinajstić information content (AvgIpc) is 2.77. The minimum atomic E-state index is -4.73. The van der Waals surface area contributed by atoms with Crippen LogP contribution in [0.15, 0.2) is 36.4 Å². The Hall–Kier alpha value is -2.48. The molecule has 2 aliphatic carbocycles. The van der Waals surface area contributed by atoms with Crippen LogP contribution >= 0.6 is 0 Å². The molecular weight excluding hydrogens is 416 g/mol. The quantitative estimate of drug-likeness (QED) is 0.353. The Morgan fingerprint density at radius 3 is 2.28 bits per heavy atom. The molecule has 4 rings (SSSR count). The van der Waals surface area contributed by atoms with E-state index in [1.807, 2.05) is 6.07 Å². The maximum Gasteiger partial charge on any atom is 0.573 e. The smallest absolute Gasteiger partial charge is 0.406 e. The predicted octanol–water partition coefficient (Wildman–Crippen LogP) is 7.45.